The van der Waals surface area contributed by atoms with Gasteiger partial charge in [-0.25, -0.2) is 0 Å². The highest BCUT2D eigenvalue weighted by molar-refractivity contribution is 5.85. The molecule has 2 rings (SSSR count). The van der Waals surface area contributed by atoms with Crippen LogP contribution in [0.25, 0.3) is 0 Å². The Morgan fingerprint density at radius 2 is 2.25 bits per heavy atom. The van der Waals surface area contributed by atoms with Crippen LogP contribution < -0.4 is 5.32 Å². The lowest BCUT2D eigenvalue weighted by atomic mass is 10.2. The van der Waals surface area contributed by atoms with Crippen molar-refractivity contribution in [2.24, 2.45) is 0 Å². The molecule has 70 valence electrons. The normalized spacial score (nSPS) is 21.2. The molecule has 0 aromatic carbocycles. The molecule has 1 aliphatic heterocycles. The Kier molecular flexibility index (Phi) is 5.29. The second-order valence-corrected chi connectivity index (χ2v) is 2.66. The maximum absolute atomic E-state index is 3.90. The number of nitrogens with one attached hydrogen (secondary N) is 2. The van der Waals surface area contributed by atoms with Crippen LogP contribution in [0.3, 0.4) is 0 Å². The molecule has 2 heterocycles. The summed E-state index contributed by atoms with van der Waals surface area (Å²) in [4.78, 5) is 0. The molecule has 1 aromatic rings. The highest BCUT2D eigenvalue weighted by atomic mass is 35.5. The number of hydrogen-bond acceptors (Lipinski definition) is 2. The number of hydrogen-bond donors (Lipinski definition) is 2. The molecule has 1 saturated heterocycles. The molecule has 5 heteroatoms. The van der Waals surface area contributed by atoms with Gasteiger partial charge in [0.05, 0.1) is 5.69 Å². The van der Waals surface area contributed by atoms with E-state index in [-0.39, 0.29) is 24.8 Å². The van der Waals surface area contributed by atoms with E-state index in [1.165, 1.54) is 18.5 Å². The maximum Gasteiger partial charge on any atom is 0.0521 e. The third kappa shape index (κ3) is 2.37. The molecular formula is C7H13Cl2N3. The average molecular weight is 210 g/mol. The van der Waals surface area contributed by atoms with Gasteiger partial charge in [0.1, 0.15) is 0 Å². The smallest absolute Gasteiger partial charge is 0.0521 e. The van der Waals surface area contributed by atoms with Gasteiger partial charge in [0, 0.05) is 12.2 Å². The minimum absolute atomic E-state index is 0. The monoisotopic (exact) mass is 209 g/mol. The predicted molar refractivity (Wildman–Crippen MR) is 53.1 cm³/mol. The summed E-state index contributed by atoms with van der Waals surface area (Å²) >= 11 is 0. The number of rotatable bonds is 1. The number of aromatic amines is 1. The molecule has 0 bridgehead atoms. The highest BCUT2D eigenvalue weighted by Gasteiger charge is 2.16. The summed E-state index contributed by atoms with van der Waals surface area (Å²) < 4.78 is 0. The zero-order chi connectivity index (χ0) is 6.81. The SMILES string of the molecule is Cl.Cl.c1cc([C@H]2CCCN2)[nH]n1. The number of H-pyrrole nitrogens is 1. The van der Waals surface area contributed by atoms with Crippen molar-refractivity contribution < 1.29 is 0 Å². The molecule has 1 aromatic heterocycles. The zero-order valence-corrected chi connectivity index (χ0v) is 8.25. The van der Waals surface area contributed by atoms with Gasteiger partial charge in [0.25, 0.3) is 0 Å². The van der Waals surface area contributed by atoms with Crippen molar-refractivity contribution in [3.8, 4) is 0 Å². The van der Waals surface area contributed by atoms with Crippen LogP contribution in [0, 0.1) is 0 Å². The third-order valence-electron chi connectivity index (χ3n) is 1.96. The number of nitrogens with zero attached hydrogens (tertiary/aromatic N) is 1. The van der Waals surface area contributed by atoms with Gasteiger partial charge in [-0.05, 0) is 25.5 Å². The minimum Gasteiger partial charge on any atom is -0.309 e. The Morgan fingerprint density at radius 1 is 1.42 bits per heavy atom. The first-order chi connectivity index (χ1) is 4.97. The first kappa shape index (κ1) is 11.8. The molecular weight excluding hydrogens is 197 g/mol. The molecule has 0 saturated carbocycles. The van der Waals surface area contributed by atoms with Crippen LogP contribution in [-0.4, -0.2) is 16.7 Å². The van der Waals surface area contributed by atoms with E-state index in [4.69, 9.17) is 0 Å². The van der Waals surface area contributed by atoms with Crippen molar-refractivity contribution in [2.75, 3.05) is 6.54 Å². The minimum atomic E-state index is 0. The molecule has 0 unspecified atom stereocenters. The van der Waals surface area contributed by atoms with E-state index in [0.29, 0.717) is 6.04 Å². The van der Waals surface area contributed by atoms with Crippen LogP contribution in [-0.2, 0) is 0 Å². The second-order valence-electron chi connectivity index (χ2n) is 2.66. The van der Waals surface area contributed by atoms with E-state index in [1.54, 1.807) is 6.20 Å². The van der Waals surface area contributed by atoms with Crippen molar-refractivity contribution in [2.45, 2.75) is 18.9 Å². The maximum atomic E-state index is 3.90. The van der Waals surface area contributed by atoms with Gasteiger partial charge in [-0.2, -0.15) is 5.10 Å². The van der Waals surface area contributed by atoms with E-state index < -0.39 is 0 Å². The van der Waals surface area contributed by atoms with E-state index in [1.807, 2.05) is 6.07 Å². The van der Waals surface area contributed by atoms with Crippen molar-refractivity contribution in [1.82, 2.24) is 15.5 Å². The quantitative estimate of drug-likeness (QED) is 0.740. The molecule has 1 fully saturated rings. The van der Waals surface area contributed by atoms with Crippen molar-refractivity contribution in [3.05, 3.63) is 18.0 Å². The lowest BCUT2D eigenvalue weighted by molar-refractivity contribution is 0.625. The summed E-state index contributed by atoms with van der Waals surface area (Å²) in [6.07, 6.45) is 4.32. The lowest BCUT2D eigenvalue weighted by Crippen LogP contribution is -2.12. The Balaban J connectivity index is 0.000000605. The van der Waals surface area contributed by atoms with Gasteiger partial charge < -0.3 is 5.32 Å². The standard InChI is InChI=1S/C7H11N3.2ClH/c1-2-6(8-4-1)7-3-5-9-10-7;;/h3,5-6,8H,1-2,4H2,(H,9,10);2*1H/t6-;;/m1../s1. The third-order valence-corrected chi connectivity index (χ3v) is 1.96. The van der Waals surface area contributed by atoms with E-state index in [2.05, 4.69) is 15.5 Å². The fourth-order valence-electron chi connectivity index (χ4n) is 1.41. The van der Waals surface area contributed by atoms with E-state index in [9.17, 15) is 0 Å². The topological polar surface area (TPSA) is 40.7 Å². The summed E-state index contributed by atoms with van der Waals surface area (Å²) in [6.45, 7) is 1.14. The summed E-state index contributed by atoms with van der Waals surface area (Å²) in [5.41, 5.74) is 1.22. The highest BCUT2D eigenvalue weighted by Crippen LogP contribution is 2.19. The van der Waals surface area contributed by atoms with Crippen LogP contribution in [0.1, 0.15) is 24.6 Å². The molecule has 2 N–H and O–H groups in total. The van der Waals surface area contributed by atoms with Gasteiger partial charge >= 0.3 is 0 Å². The fraction of sp³-hybridized carbons (Fsp3) is 0.571. The van der Waals surface area contributed by atoms with Crippen LogP contribution >= 0.6 is 24.8 Å². The van der Waals surface area contributed by atoms with Crippen molar-refractivity contribution in [1.29, 1.82) is 0 Å². The molecule has 0 amide bonds. The average Bonchev–Trinajstić information content (AvgIpc) is 2.59. The van der Waals surface area contributed by atoms with Crippen molar-refractivity contribution >= 4 is 24.8 Å². The number of halogens is 2. The van der Waals surface area contributed by atoms with Crippen LogP contribution in [0.15, 0.2) is 12.3 Å². The Labute approximate surface area is 84.1 Å². The molecule has 0 aliphatic carbocycles. The molecule has 1 atom stereocenters. The van der Waals surface area contributed by atoms with Gasteiger partial charge in [0.15, 0.2) is 0 Å². The first-order valence-corrected chi connectivity index (χ1v) is 3.69. The predicted octanol–water partition coefficient (Wildman–Crippen LogP) is 1.68. The van der Waals surface area contributed by atoms with Crippen LogP contribution in [0.5, 0.6) is 0 Å². The Morgan fingerprint density at radius 3 is 2.75 bits per heavy atom. The summed E-state index contributed by atoms with van der Waals surface area (Å²) in [5, 5.41) is 10.3. The Hall–Kier alpha value is -0.250. The molecule has 0 spiro atoms. The lowest BCUT2D eigenvalue weighted by Gasteiger charge is -2.04. The molecule has 3 nitrogen and oxygen atoms in total. The van der Waals surface area contributed by atoms with Crippen LogP contribution in [0.4, 0.5) is 0 Å². The van der Waals surface area contributed by atoms with Gasteiger partial charge in [-0.15, -0.1) is 24.8 Å². The van der Waals surface area contributed by atoms with Gasteiger partial charge in [0.2, 0.25) is 0 Å². The van der Waals surface area contributed by atoms with Crippen LogP contribution in [0.2, 0.25) is 0 Å². The van der Waals surface area contributed by atoms with Gasteiger partial charge in [-0.1, -0.05) is 0 Å². The van der Waals surface area contributed by atoms with Crippen molar-refractivity contribution in [3.63, 3.8) is 0 Å². The molecule has 0 radical (unpaired) electrons. The second kappa shape index (κ2) is 5.41. The molecule has 1 aliphatic rings. The summed E-state index contributed by atoms with van der Waals surface area (Å²) in [5.74, 6) is 0. The number of aromatic nitrogens is 2. The first-order valence-electron chi connectivity index (χ1n) is 3.69. The largest absolute Gasteiger partial charge is 0.309 e. The fourth-order valence-corrected chi connectivity index (χ4v) is 1.41. The summed E-state index contributed by atoms with van der Waals surface area (Å²) in [7, 11) is 0. The van der Waals surface area contributed by atoms with Gasteiger partial charge in [-0.3, -0.25) is 5.10 Å². The zero-order valence-electron chi connectivity index (χ0n) is 6.62. The Bertz CT molecular complexity index is 194. The van der Waals surface area contributed by atoms with E-state index >= 15 is 0 Å². The molecule has 12 heavy (non-hydrogen) atoms. The summed E-state index contributed by atoms with van der Waals surface area (Å²) in [6, 6.07) is 2.56. The van der Waals surface area contributed by atoms with E-state index in [0.717, 1.165) is 6.54 Å².